The van der Waals surface area contributed by atoms with E-state index >= 15 is 0 Å². The van der Waals surface area contributed by atoms with Gasteiger partial charge in [-0.25, -0.2) is 0 Å². The van der Waals surface area contributed by atoms with Crippen molar-refractivity contribution in [1.29, 1.82) is 5.26 Å². The van der Waals surface area contributed by atoms with Crippen LogP contribution in [-0.2, 0) is 11.3 Å². The Morgan fingerprint density at radius 3 is 2.72 bits per heavy atom. The first-order valence-corrected chi connectivity index (χ1v) is 7.01. The first kappa shape index (κ1) is 12.6. The van der Waals surface area contributed by atoms with Gasteiger partial charge >= 0.3 is 0 Å². The van der Waals surface area contributed by atoms with Gasteiger partial charge in [-0.15, -0.1) is 22.7 Å². The number of hydrogen-bond acceptors (Lipinski definition) is 4. The van der Waals surface area contributed by atoms with Crippen LogP contribution >= 0.6 is 22.7 Å². The summed E-state index contributed by atoms with van der Waals surface area (Å²) in [5.41, 5.74) is 0.133. The van der Waals surface area contributed by atoms with E-state index < -0.39 is 0 Å². The van der Waals surface area contributed by atoms with E-state index in [1.807, 2.05) is 41.1 Å². The van der Waals surface area contributed by atoms with Crippen LogP contribution in [0.2, 0.25) is 0 Å². The lowest BCUT2D eigenvalue weighted by Gasteiger charge is -2.01. The average molecular weight is 274 g/mol. The van der Waals surface area contributed by atoms with E-state index in [1.54, 1.807) is 17.4 Å². The van der Waals surface area contributed by atoms with E-state index in [9.17, 15) is 4.79 Å². The van der Waals surface area contributed by atoms with Gasteiger partial charge in [0.05, 0.1) is 6.54 Å². The average Bonchev–Trinajstić information content (AvgIpc) is 3.06. The molecule has 2 aromatic rings. The number of carbonyl (C=O) groups excluding carboxylic acids is 1. The Morgan fingerprint density at radius 1 is 1.33 bits per heavy atom. The molecule has 1 amide bonds. The molecule has 3 nitrogen and oxygen atoms in total. The molecule has 0 unspecified atom stereocenters. The largest absolute Gasteiger partial charge is 0.347 e. The molecule has 0 aliphatic heterocycles. The fourth-order valence-electron chi connectivity index (χ4n) is 1.34. The maximum absolute atomic E-state index is 11.8. The second-order valence-electron chi connectivity index (χ2n) is 3.45. The molecular formula is C13H10N2OS2. The van der Waals surface area contributed by atoms with Crippen molar-refractivity contribution >= 4 is 34.7 Å². The van der Waals surface area contributed by atoms with Crippen LogP contribution in [0.4, 0.5) is 0 Å². The molecule has 2 heterocycles. The molecule has 0 aliphatic carbocycles. The van der Waals surface area contributed by atoms with Gasteiger partial charge in [-0.2, -0.15) is 5.26 Å². The smallest absolute Gasteiger partial charge is 0.262 e. The van der Waals surface area contributed by atoms with E-state index in [4.69, 9.17) is 5.26 Å². The van der Waals surface area contributed by atoms with Crippen molar-refractivity contribution in [2.24, 2.45) is 0 Å². The van der Waals surface area contributed by atoms with E-state index in [0.29, 0.717) is 6.54 Å². The van der Waals surface area contributed by atoms with Crippen LogP contribution in [0.1, 0.15) is 9.75 Å². The van der Waals surface area contributed by atoms with Gasteiger partial charge in [0.15, 0.2) is 0 Å². The van der Waals surface area contributed by atoms with Crippen LogP contribution in [0.15, 0.2) is 40.6 Å². The summed E-state index contributed by atoms with van der Waals surface area (Å²) in [5, 5.41) is 15.6. The molecule has 0 fully saturated rings. The zero-order chi connectivity index (χ0) is 12.8. The van der Waals surface area contributed by atoms with Gasteiger partial charge in [0.2, 0.25) is 0 Å². The highest BCUT2D eigenvalue weighted by molar-refractivity contribution is 7.10. The SMILES string of the molecule is N#C/C(=C/c1cccs1)C(=O)NCc1cccs1. The van der Waals surface area contributed by atoms with Crippen molar-refractivity contribution in [3.8, 4) is 6.07 Å². The van der Waals surface area contributed by atoms with Gasteiger partial charge in [-0.3, -0.25) is 4.79 Å². The topological polar surface area (TPSA) is 52.9 Å². The summed E-state index contributed by atoms with van der Waals surface area (Å²) in [4.78, 5) is 13.8. The number of nitriles is 1. The highest BCUT2D eigenvalue weighted by Gasteiger charge is 2.09. The standard InChI is InChI=1S/C13H10N2OS2/c14-8-10(7-11-3-1-5-17-11)13(16)15-9-12-4-2-6-18-12/h1-7H,9H2,(H,15,16)/b10-7-. The van der Waals surface area contributed by atoms with E-state index in [-0.39, 0.29) is 11.5 Å². The van der Waals surface area contributed by atoms with Crippen LogP contribution < -0.4 is 5.32 Å². The minimum Gasteiger partial charge on any atom is -0.347 e. The zero-order valence-corrected chi connectivity index (χ0v) is 11.1. The molecular weight excluding hydrogens is 264 g/mol. The van der Waals surface area contributed by atoms with Gasteiger partial charge in [-0.05, 0) is 29.0 Å². The molecule has 1 N–H and O–H groups in total. The molecule has 0 aromatic carbocycles. The van der Waals surface area contributed by atoms with E-state index in [1.165, 1.54) is 11.3 Å². The number of amides is 1. The quantitative estimate of drug-likeness (QED) is 0.688. The summed E-state index contributed by atoms with van der Waals surface area (Å²) < 4.78 is 0. The predicted octanol–water partition coefficient (Wildman–Crippen LogP) is 3.03. The second-order valence-corrected chi connectivity index (χ2v) is 5.46. The van der Waals surface area contributed by atoms with Crippen LogP contribution in [-0.4, -0.2) is 5.91 Å². The minimum atomic E-state index is -0.334. The summed E-state index contributed by atoms with van der Waals surface area (Å²) in [6, 6.07) is 9.56. The molecule has 0 spiro atoms. The molecule has 0 bridgehead atoms. The molecule has 0 atom stereocenters. The highest BCUT2D eigenvalue weighted by atomic mass is 32.1. The van der Waals surface area contributed by atoms with Crippen molar-refractivity contribution < 1.29 is 4.79 Å². The van der Waals surface area contributed by atoms with Crippen LogP contribution in [0.3, 0.4) is 0 Å². The third kappa shape index (κ3) is 3.29. The molecule has 90 valence electrons. The van der Waals surface area contributed by atoms with Gasteiger partial charge < -0.3 is 5.32 Å². The van der Waals surface area contributed by atoms with E-state index in [0.717, 1.165) is 9.75 Å². The Kier molecular flexibility index (Phi) is 4.29. The molecule has 0 radical (unpaired) electrons. The number of rotatable bonds is 4. The number of nitrogens with one attached hydrogen (secondary N) is 1. The lowest BCUT2D eigenvalue weighted by molar-refractivity contribution is -0.117. The fraction of sp³-hybridized carbons (Fsp3) is 0.0769. The Labute approximate surface area is 113 Å². The molecule has 2 rings (SSSR count). The van der Waals surface area contributed by atoms with Crippen LogP contribution in [0.25, 0.3) is 6.08 Å². The maximum Gasteiger partial charge on any atom is 0.262 e. The normalized spacial score (nSPS) is 10.9. The second kappa shape index (κ2) is 6.15. The zero-order valence-electron chi connectivity index (χ0n) is 9.42. The monoisotopic (exact) mass is 274 g/mol. The molecule has 0 saturated heterocycles. The molecule has 2 aromatic heterocycles. The van der Waals surface area contributed by atoms with Crippen molar-refractivity contribution in [3.63, 3.8) is 0 Å². The maximum atomic E-state index is 11.8. The highest BCUT2D eigenvalue weighted by Crippen LogP contribution is 2.13. The van der Waals surface area contributed by atoms with Crippen LogP contribution in [0, 0.1) is 11.3 Å². The van der Waals surface area contributed by atoms with Gasteiger partial charge in [0, 0.05) is 9.75 Å². The summed E-state index contributed by atoms with van der Waals surface area (Å²) in [6.07, 6.45) is 1.61. The third-order valence-electron chi connectivity index (χ3n) is 2.20. The third-order valence-corrected chi connectivity index (χ3v) is 3.89. The summed E-state index contributed by atoms with van der Waals surface area (Å²) >= 11 is 3.07. The van der Waals surface area contributed by atoms with Crippen molar-refractivity contribution in [2.45, 2.75) is 6.54 Å². The first-order chi connectivity index (χ1) is 8.79. The molecule has 0 aliphatic rings. The fourth-order valence-corrected chi connectivity index (χ4v) is 2.64. The lowest BCUT2D eigenvalue weighted by atomic mass is 10.2. The summed E-state index contributed by atoms with van der Waals surface area (Å²) in [5.74, 6) is -0.334. The van der Waals surface area contributed by atoms with E-state index in [2.05, 4.69) is 5.32 Å². The number of carbonyl (C=O) groups is 1. The van der Waals surface area contributed by atoms with Gasteiger partial charge in [0.1, 0.15) is 11.6 Å². The number of nitrogens with zero attached hydrogens (tertiary/aromatic N) is 1. The van der Waals surface area contributed by atoms with Gasteiger partial charge in [-0.1, -0.05) is 12.1 Å². The van der Waals surface area contributed by atoms with Crippen molar-refractivity contribution in [2.75, 3.05) is 0 Å². The van der Waals surface area contributed by atoms with Crippen LogP contribution in [0.5, 0.6) is 0 Å². The lowest BCUT2D eigenvalue weighted by Crippen LogP contribution is -2.23. The summed E-state index contributed by atoms with van der Waals surface area (Å²) in [7, 11) is 0. The molecule has 0 saturated carbocycles. The number of hydrogen-bond donors (Lipinski definition) is 1. The van der Waals surface area contributed by atoms with Gasteiger partial charge in [0.25, 0.3) is 5.91 Å². The first-order valence-electron chi connectivity index (χ1n) is 5.25. The molecule has 5 heteroatoms. The Morgan fingerprint density at radius 2 is 2.11 bits per heavy atom. The Balaban J connectivity index is 2.00. The van der Waals surface area contributed by atoms with Crippen molar-refractivity contribution in [3.05, 3.63) is 50.4 Å². The Bertz CT molecular complexity index is 577. The molecule has 18 heavy (non-hydrogen) atoms. The summed E-state index contributed by atoms with van der Waals surface area (Å²) in [6.45, 7) is 0.458. The predicted molar refractivity (Wildman–Crippen MR) is 74.1 cm³/mol. The van der Waals surface area contributed by atoms with Crippen molar-refractivity contribution in [1.82, 2.24) is 5.32 Å². The number of thiophene rings is 2. The Hall–Kier alpha value is -1.90. The minimum absolute atomic E-state index is 0.133.